The fraction of sp³-hybridized carbons (Fsp3) is 0.462. The van der Waals surface area contributed by atoms with Gasteiger partial charge in [-0.15, -0.1) is 0 Å². The summed E-state index contributed by atoms with van der Waals surface area (Å²) in [4.78, 5) is 2.17. The summed E-state index contributed by atoms with van der Waals surface area (Å²) in [5.41, 5.74) is 6.24. The summed E-state index contributed by atoms with van der Waals surface area (Å²) in [5, 5.41) is 7.50. The van der Waals surface area contributed by atoms with E-state index in [4.69, 9.17) is 11.1 Å². The maximum absolute atomic E-state index is 13.7. The molecule has 0 aliphatic carbocycles. The number of nitrogens with zero attached hydrogens (tertiary/aromatic N) is 1. The first-order valence-corrected chi connectivity index (χ1v) is 6.86. The van der Waals surface area contributed by atoms with Gasteiger partial charge in [0, 0.05) is 29.0 Å². The topological polar surface area (TPSA) is 53.1 Å². The molecule has 1 aliphatic rings. The lowest BCUT2D eigenvalue weighted by atomic mass is 9.96. The Morgan fingerprint density at radius 1 is 1.56 bits per heavy atom. The minimum absolute atomic E-state index is 0.119. The molecule has 1 aromatic carbocycles. The highest BCUT2D eigenvalue weighted by molar-refractivity contribution is 9.10. The van der Waals surface area contributed by atoms with E-state index >= 15 is 0 Å². The summed E-state index contributed by atoms with van der Waals surface area (Å²) >= 11 is 3.36. The standard InChI is InChI=1S/C13H17BrFN3/c14-11-3-4-12(15)10(6-11)8-18-5-1-2-9(7-18)13(16)17/h3-4,6,9H,1-2,5,7-8H2,(H3,16,17). The number of amidine groups is 1. The second-order valence-electron chi connectivity index (χ2n) is 4.77. The molecule has 98 valence electrons. The lowest BCUT2D eigenvalue weighted by molar-refractivity contribution is 0.193. The fourth-order valence-electron chi connectivity index (χ4n) is 2.36. The van der Waals surface area contributed by atoms with Gasteiger partial charge in [-0.3, -0.25) is 10.3 Å². The summed E-state index contributed by atoms with van der Waals surface area (Å²) in [5.74, 6) is 0.187. The van der Waals surface area contributed by atoms with Crippen molar-refractivity contribution in [2.75, 3.05) is 13.1 Å². The molecule has 0 spiro atoms. The quantitative estimate of drug-likeness (QED) is 0.666. The molecular weight excluding hydrogens is 297 g/mol. The first-order chi connectivity index (χ1) is 8.56. The second-order valence-corrected chi connectivity index (χ2v) is 5.68. The van der Waals surface area contributed by atoms with Gasteiger partial charge in [0.25, 0.3) is 0 Å². The van der Waals surface area contributed by atoms with Gasteiger partial charge in [0.2, 0.25) is 0 Å². The van der Waals surface area contributed by atoms with Crippen LogP contribution in [-0.4, -0.2) is 23.8 Å². The van der Waals surface area contributed by atoms with E-state index in [1.807, 2.05) is 6.07 Å². The van der Waals surface area contributed by atoms with Gasteiger partial charge in [0.15, 0.2) is 0 Å². The average molecular weight is 314 g/mol. The summed E-state index contributed by atoms with van der Waals surface area (Å²) in [6, 6.07) is 4.99. The zero-order valence-electron chi connectivity index (χ0n) is 10.1. The molecule has 0 radical (unpaired) electrons. The number of rotatable bonds is 3. The summed E-state index contributed by atoms with van der Waals surface area (Å²) in [7, 11) is 0. The zero-order chi connectivity index (χ0) is 13.1. The monoisotopic (exact) mass is 313 g/mol. The van der Waals surface area contributed by atoms with Gasteiger partial charge in [-0.25, -0.2) is 4.39 Å². The fourth-order valence-corrected chi connectivity index (χ4v) is 2.77. The third-order valence-corrected chi connectivity index (χ3v) is 3.84. The second kappa shape index (κ2) is 5.80. The van der Waals surface area contributed by atoms with Crippen LogP contribution in [0.25, 0.3) is 0 Å². The number of likely N-dealkylation sites (tertiary alicyclic amines) is 1. The first-order valence-electron chi connectivity index (χ1n) is 6.06. The SMILES string of the molecule is N=C(N)C1CCCN(Cc2cc(Br)ccc2F)C1. The molecule has 18 heavy (non-hydrogen) atoms. The molecule has 3 N–H and O–H groups in total. The molecule has 1 unspecified atom stereocenters. The van der Waals surface area contributed by atoms with Crippen molar-refractivity contribution in [2.24, 2.45) is 11.7 Å². The van der Waals surface area contributed by atoms with Crippen LogP contribution in [0.3, 0.4) is 0 Å². The minimum atomic E-state index is -0.178. The third kappa shape index (κ3) is 3.29. The highest BCUT2D eigenvalue weighted by Gasteiger charge is 2.22. The summed E-state index contributed by atoms with van der Waals surface area (Å²) in [6.07, 6.45) is 1.98. The first kappa shape index (κ1) is 13.5. The van der Waals surface area contributed by atoms with E-state index in [-0.39, 0.29) is 17.6 Å². The van der Waals surface area contributed by atoms with Gasteiger partial charge in [0.05, 0.1) is 5.84 Å². The molecule has 1 aliphatic heterocycles. The Balaban J connectivity index is 2.04. The van der Waals surface area contributed by atoms with Crippen LogP contribution in [0.2, 0.25) is 0 Å². The van der Waals surface area contributed by atoms with E-state index in [9.17, 15) is 4.39 Å². The molecule has 2 rings (SSSR count). The highest BCUT2D eigenvalue weighted by Crippen LogP contribution is 2.21. The molecule has 0 saturated carbocycles. The molecule has 1 saturated heterocycles. The maximum Gasteiger partial charge on any atom is 0.127 e. The maximum atomic E-state index is 13.7. The van der Waals surface area contributed by atoms with E-state index in [1.54, 1.807) is 6.07 Å². The Kier molecular flexibility index (Phi) is 4.35. The molecule has 5 heteroatoms. The van der Waals surface area contributed by atoms with Gasteiger partial charge in [-0.2, -0.15) is 0 Å². The molecule has 1 heterocycles. The minimum Gasteiger partial charge on any atom is -0.387 e. The van der Waals surface area contributed by atoms with E-state index in [0.717, 1.165) is 30.4 Å². The summed E-state index contributed by atoms with van der Waals surface area (Å²) in [6.45, 7) is 2.27. The van der Waals surface area contributed by atoms with Gasteiger partial charge in [-0.05, 0) is 37.6 Å². The third-order valence-electron chi connectivity index (χ3n) is 3.35. The molecule has 1 atom stereocenters. The Morgan fingerprint density at radius 2 is 2.33 bits per heavy atom. The van der Waals surface area contributed by atoms with Crippen LogP contribution in [0.5, 0.6) is 0 Å². The molecule has 1 fully saturated rings. The smallest absolute Gasteiger partial charge is 0.127 e. The Labute approximate surface area is 115 Å². The predicted octanol–water partition coefficient (Wildman–Crippen LogP) is 2.74. The van der Waals surface area contributed by atoms with Crippen molar-refractivity contribution in [3.63, 3.8) is 0 Å². The number of nitrogens with two attached hydrogens (primary N) is 1. The van der Waals surface area contributed by atoms with Gasteiger partial charge in [0.1, 0.15) is 5.82 Å². The van der Waals surface area contributed by atoms with E-state index in [2.05, 4.69) is 20.8 Å². The normalized spacial score (nSPS) is 20.9. The van der Waals surface area contributed by atoms with Crippen LogP contribution >= 0.6 is 15.9 Å². The molecule has 0 amide bonds. The lowest BCUT2D eigenvalue weighted by Gasteiger charge is -2.32. The number of benzene rings is 1. The number of nitrogens with one attached hydrogen (secondary N) is 1. The Bertz CT molecular complexity index is 450. The largest absolute Gasteiger partial charge is 0.387 e. The Morgan fingerprint density at radius 3 is 3.06 bits per heavy atom. The van der Waals surface area contributed by atoms with Gasteiger partial charge < -0.3 is 5.73 Å². The molecule has 0 aromatic heterocycles. The zero-order valence-corrected chi connectivity index (χ0v) is 11.7. The van der Waals surface area contributed by atoms with Crippen LogP contribution < -0.4 is 5.73 Å². The number of hydrogen-bond donors (Lipinski definition) is 2. The van der Waals surface area contributed by atoms with Crippen molar-refractivity contribution < 1.29 is 4.39 Å². The van der Waals surface area contributed by atoms with Gasteiger partial charge in [-0.1, -0.05) is 15.9 Å². The average Bonchev–Trinajstić information content (AvgIpc) is 2.34. The van der Waals surface area contributed by atoms with E-state index < -0.39 is 0 Å². The van der Waals surface area contributed by atoms with Crippen molar-refractivity contribution >= 4 is 21.8 Å². The Hall–Kier alpha value is -0.940. The van der Waals surface area contributed by atoms with Crippen molar-refractivity contribution in [2.45, 2.75) is 19.4 Å². The predicted molar refractivity (Wildman–Crippen MR) is 74.0 cm³/mol. The number of piperidine rings is 1. The van der Waals surface area contributed by atoms with Crippen molar-refractivity contribution in [3.05, 3.63) is 34.1 Å². The van der Waals surface area contributed by atoms with Crippen molar-refractivity contribution in [1.29, 1.82) is 5.41 Å². The molecule has 0 bridgehead atoms. The lowest BCUT2D eigenvalue weighted by Crippen LogP contribution is -2.40. The summed E-state index contributed by atoms with van der Waals surface area (Å²) < 4.78 is 14.6. The van der Waals surface area contributed by atoms with Crippen LogP contribution in [0.15, 0.2) is 22.7 Å². The number of hydrogen-bond acceptors (Lipinski definition) is 2. The van der Waals surface area contributed by atoms with Crippen LogP contribution in [-0.2, 0) is 6.54 Å². The van der Waals surface area contributed by atoms with Crippen molar-refractivity contribution in [3.8, 4) is 0 Å². The van der Waals surface area contributed by atoms with E-state index in [0.29, 0.717) is 12.1 Å². The number of halogens is 2. The molecular formula is C13H17BrFN3. The van der Waals surface area contributed by atoms with Crippen LogP contribution in [0.4, 0.5) is 4.39 Å². The van der Waals surface area contributed by atoms with Crippen molar-refractivity contribution in [1.82, 2.24) is 4.90 Å². The molecule has 1 aromatic rings. The molecule has 3 nitrogen and oxygen atoms in total. The van der Waals surface area contributed by atoms with Crippen LogP contribution in [0, 0.1) is 17.1 Å². The highest BCUT2D eigenvalue weighted by atomic mass is 79.9. The van der Waals surface area contributed by atoms with E-state index in [1.165, 1.54) is 6.07 Å². The van der Waals surface area contributed by atoms with Crippen LogP contribution in [0.1, 0.15) is 18.4 Å². The van der Waals surface area contributed by atoms with Gasteiger partial charge >= 0.3 is 0 Å².